The molecule has 2 aromatic carbocycles. The number of carbonyl (C=O) groups excluding carboxylic acids is 2. The van der Waals surface area contributed by atoms with Crippen molar-refractivity contribution in [3.63, 3.8) is 0 Å². The molecule has 0 spiro atoms. The number of nitrogens with one attached hydrogen (secondary N) is 1. The first kappa shape index (κ1) is 20.1. The summed E-state index contributed by atoms with van der Waals surface area (Å²) >= 11 is 0. The van der Waals surface area contributed by atoms with Gasteiger partial charge in [0.1, 0.15) is 0 Å². The quantitative estimate of drug-likeness (QED) is 0.807. The summed E-state index contributed by atoms with van der Waals surface area (Å²) in [5, 5.41) is 2.69. The van der Waals surface area contributed by atoms with E-state index in [-0.39, 0.29) is 34.9 Å². The molecule has 2 aromatic rings. The molecule has 0 bridgehead atoms. The first-order chi connectivity index (χ1) is 13.3. The average molecular weight is 401 g/mol. The van der Waals surface area contributed by atoms with Gasteiger partial charge in [0.2, 0.25) is 11.8 Å². The Labute approximate surface area is 165 Å². The van der Waals surface area contributed by atoms with Gasteiger partial charge in [-0.25, -0.2) is 8.42 Å². The van der Waals surface area contributed by atoms with Crippen molar-refractivity contribution in [1.29, 1.82) is 0 Å². The van der Waals surface area contributed by atoms with Crippen LogP contribution < -0.4 is 10.2 Å². The number of hydrogen-bond acceptors (Lipinski definition) is 4. The van der Waals surface area contributed by atoms with Crippen molar-refractivity contribution in [3.8, 4) is 0 Å². The number of anilines is 2. The molecule has 1 heterocycles. The van der Waals surface area contributed by atoms with Crippen LogP contribution in [-0.4, -0.2) is 32.0 Å². The van der Waals surface area contributed by atoms with Crippen LogP contribution in [0.2, 0.25) is 0 Å². The van der Waals surface area contributed by atoms with Gasteiger partial charge in [0, 0.05) is 30.3 Å². The van der Waals surface area contributed by atoms with Crippen LogP contribution in [0, 0.1) is 0 Å². The third-order valence-electron chi connectivity index (χ3n) is 4.85. The van der Waals surface area contributed by atoms with Gasteiger partial charge in [0.25, 0.3) is 0 Å². The standard InChI is InChI=1S/C21H24N2O4S/c1-3-21(25)23-15(2)13-16-14-18(9-10-19(16)23)28(26,27)12-11-20(24)22-17-7-5-4-6-8-17/h4-10,14-15H,3,11-13H2,1-2H3,(H,22,24). The number of hydrogen-bond donors (Lipinski definition) is 1. The second-order valence-corrected chi connectivity index (χ2v) is 9.05. The van der Waals surface area contributed by atoms with Crippen LogP contribution in [0.1, 0.15) is 32.3 Å². The van der Waals surface area contributed by atoms with Gasteiger partial charge in [-0.15, -0.1) is 0 Å². The maximum Gasteiger partial charge on any atom is 0.226 e. The molecule has 1 aliphatic rings. The van der Waals surface area contributed by atoms with Crippen molar-refractivity contribution < 1.29 is 18.0 Å². The number of amides is 2. The second kappa shape index (κ2) is 8.14. The second-order valence-electron chi connectivity index (χ2n) is 6.94. The molecule has 0 radical (unpaired) electrons. The predicted octanol–water partition coefficient (Wildman–Crippen LogP) is 3.18. The van der Waals surface area contributed by atoms with Gasteiger partial charge in [-0.2, -0.15) is 0 Å². The molecule has 6 nitrogen and oxygen atoms in total. The summed E-state index contributed by atoms with van der Waals surface area (Å²) in [7, 11) is -3.59. The van der Waals surface area contributed by atoms with Crippen molar-refractivity contribution in [3.05, 3.63) is 54.1 Å². The maximum absolute atomic E-state index is 12.7. The smallest absolute Gasteiger partial charge is 0.226 e. The molecular weight excluding hydrogens is 376 g/mol. The lowest BCUT2D eigenvalue weighted by atomic mass is 10.1. The molecular formula is C21H24N2O4S. The van der Waals surface area contributed by atoms with Crippen LogP contribution in [0.25, 0.3) is 0 Å². The molecule has 0 aliphatic carbocycles. The fourth-order valence-electron chi connectivity index (χ4n) is 3.44. The molecule has 1 aliphatic heterocycles. The molecule has 1 atom stereocenters. The highest BCUT2D eigenvalue weighted by molar-refractivity contribution is 7.91. The number of fused-ring (bicyclic) bond motifs is 1. The minimum absolute atomic E-state index is 0.0112. The van der Waals surface area contributed by atoms with E-state index in [0.29, 0.717) is 18.5 Å². The highest BCUT2D eigenvalue weighted by atomic mass is 32.2. The van der Waals surface area contributed by atoms with E-state index >= 15 is 0 Å². The van der Waals surface area contributed by atoms with E-state index in [1.807, 2.05) is 19.9 Å². The van der Waals surface area contributed by atoms with E-state index in [1.165, 1.54) is 6.07 Å². The average Bonchev–Trinajstić information content (AvgIpc) is 3.01. The Balaban J connectivity index is 1.70. The van der Waals surface area contributed by atoms with Crippen LogP contribution in [0.3, 0.4) is 0 Å². The fourth-order valence-corrected chi connectivity index (χ4v) is 4.73. The van der Waals surface area contributed by atoms with Gasteiger partial charge in [0.05, 0.1) is 10.6 Å². The number of sulfone groups is 1. The highest BCUT2D eigenvalue weighted by Crippen LogP contribution is 2.34. The Bertz CT molecular complexity index is 987. The summed E-state index contributed by atoms with van der Waals surface area (Å²) in [6, 6.07) is 13.8. The zero-order valence-electron chi connectivity index (χ0n) is 16.0. The van der Waals surface area contributed by atoms with Crippen LogP contribution in [-0.2, 0) is 25.8 Å². The van der Waals surface area contributed by atoms with E-state index in [9.17, 15) is 18.0 Å². The Kier molecular flexibility index (Phi) is 5.84. The topological polar surface area (TPSA) is 83.6 Å². The van der Waals surface area contributed by atoms with Crippen LogP contribution in [0.5, 0.6) is 0 Å². The number of benzene rings is 2. The summed E-state index contributed by atoms with van der Waals surface area (Å²) in [5.41, 5.74) is 2.27. The molecule has 1 unspecified atom stereocenters. The van der Waals surface area contributed by atoms with Crippen molar-refractivity contribution in [2.24, 2.45) is 0 Å². The van der Waals surface area contributed by atoms with Crippen molar-refractivity contribution in [2.45, 2.75) is 44.0 Å². The van der Waals surface area contributed by atoms with Crippen molar-refractivity contribution in [2.75, 3.05) is 16.0 Å². The van der Waals surface area contributed by atoms with E-state index in [1.54, 1.807) is 41.3 Å². The summed E-state index contributed by atoms with van der Waals surface area (Å²) in [5.74, 6) is -0.582. The summed E-state index contributed by atoms with van der Waals surface area (Å²) in [6.45, 7) is 3.77. The Morgan fingerprint density at radius 2 is 1.86 bits per heavy atom. The molecule has 0 saturated heterocycles. The minimum atomic E-state index is -3.59. The zero-order valence-corrected chi connectivity index (χ0v) is 16.8. The highest BCUT2D eigenvalue weighted by Gasteiger charge is 2.31. The van der Waals surface area contributed by atoms with E-state index in [4.69, 9.17) is 0 Å². The Morgan fingerprint density at radius 3 is 2.54 bits per heavy atom. The zero-order chi connectivity index (χ0) is 20.3. The van der Waals surface area contributed by atoms with Crippen LogP contribution in [0.15, 0.2) is 53.4 Å². The largest absolute Gasteiger partial charge is 0.326 e. The van der Waals surface area contributed by atoms with Gasteiger partial charge in [-0.3, -0.25) is 9.59 Å². The van der Waals surface area contributed by atoms with Gasteiger partial charge < -0.3 is 10.2 Å². The van der Waals surface area contributed by atoms with E-state index < -0.39 is 9.84 Å². The van der Waals surface area contributed by atoms with Crippen LogP contribution >= 0.6 is 0 Å². The maximum atomic E-state index is 12.7. The van der Waals surface area contributed by atoms with Gasteiger partial charge in [0.15, 0.2) is 9.84 Å². The van der Waals surface area contributed by atoms with Gasteiger partial charge in [-0.1, -0.05) is 25.1 Å². The van der Waals surface area contributed by atoms with Gasteiger partial charge >= 0.3 is 0 Å². The Hall–Kier alpha value is -2.67. The molecule has 0 fully saturated rings. The molecule has 0 aromatic heterocycles. The number of carbonyl (C=O) groups is 2. The predicted molar refractivity (Wildman–Crippen MR) is 109 cm³/mol. The normalized spacial score (nSPS) is 15.9. The lowest BCUT2D eigenvalue weighted by molar-refractivity contribution is -0.118. The first-order valence-electron chi connectivity index (χ1n) is 9.34. The molecule has 1 N–H and O–H groups in total. The molecule has 7 heteroatoms. The van der Waals surface area contributed by atoms with Crippen LogP contribution in [0.4, 0.5) is 11.4 Å². The first-order valence-corrected chi connectivity index (χ1v) is 11.0. The SMILES string of the molecule is CCC(=O)N1c2ccc(S(=O)(=O)CCC(=O)Nc3ccccc3)cc2CC1C. The summed E-state index contributed by atoms with van der Waals surface area (Å²) in [4.78, 5) is 26.1. The van der Waals surface area contributed by atoms with Crippen molar-refractivity contribution >= 4 is 33.0 Å². The molecule has 3 rings (SSSR count). The Morgan fingerprint density at radius 1 is 1.14 bits per heavy atom. The van der Waals surface area contributed by atoms with Crippen molar-refractivity contribution in [1.82, 2.24) is 0 Å². The number of para-hydroxylation sites is 1. The van der Waals surface area contributed by atoms with E-state index in [2.05, 4.69) is 5.32 Å². The summed E-state index contributed by atoms with van der Waals surface area (Å²) < 4.78 is 25.4. The summed E-state index contributed by atoms with van der Waals surface area (Å²) in [6.07, 6.45) is 0.907. The molecule has 28 heavy (non-hydrogen) atoms. The lowest BCUT2D eigenvalue weighted by Crippen LogP contribution is -2.35. The third-order valence-corrected chi connectivity index (χ3v) is 6.57. The fraction of sp³-hybridized carbons (Fsp3) is 0.333. The third kappa shape index (κ3) is 4.25. The van der Waals surface area contributed by atoms with Gasteiger partial charge in [-0.05, 0) is 49.2 Å². The molecule has 0 saturated carbocycles. The number of rotatable bonds is 6. The number of nitrogens with zero attached hydrogens (tertiary/aromatic N) is 1. The molecule has 2 amide bonds. The lowest BCUT2D eigenvalue weighted by Gasteiger charge is -2.22. The monoisotopic (exact) mass is 400 g/mol. The minimum Gasteiger partial charge on any atom is -0.326 e. The molecule has 148 valence electrons. The van der Waals surface area contributed by atoms with E-state index in [0.717, 1.165) is 11.3 Å².